The van der Waals surface area contributed by atoms with Crippen molar-refractivity contribution < 1.29 is 9.59 Å². The van der Waals surface area contributed by atoms with Gasteiger partial charge in [0.2, 0.25) is 0 Å². The Morgan fingerprint density at radius 1 is 0.935 bits per heavy atom. The number of carbonyl (C=O) groups excluding carboxylic acids is 2. The summed E-state index contributed by atoms with van der Waals surface area (Å²) in [5, 5.41) is 11.4. The molecule has 1 heterocycles. The van der Waals surface area contributed by atoms with Gasteiger partial charge in [-0.25, -0.2) is 14.6 Å². The third-order valence-electron chi connectivity index (χ3n) is 4.74. The predicted octanol–water partition coefficient (Wildman–Crippen LogP) is 4.29. The topological polar surface area (TPSA) is 111 Å². The van der Waals surface area contributed by atoms with Crippen LogP contribution in [-0.4, -0.2) is 28.1 Å². The van der Waals surface area contributed by atoms with Gasteiger partial charge >= 0.3 is 12.1 Å². The van der Waals surface area contributed by atoms with Crippen molar-refractivity contribution >= 4 is 28.8 Å². The molecule has 3 rings (SSSR count). The highest BCUT2D eigenvalue weighted by Gasteiger charge is 2.21. The molecular formula is C23H30N6O2. The number of hydrogen-bond donors (Lipinski definition) is 5. The van der Waals surface area contributed by atoms with Crippen LogP contribution in [0.3, 0.4) is 0 Å². The van der Waals surface area contributed by atoms with Crippen LogP contribution in [0.1, 0.15) is 45.1 Å². The quantitative estimate of drug-likeness (QED) is 0.392. The van der Waals surface area contributed by atoms with Crippen LogP contribution in [0, 0.1) is 5.92 Å². The van der Waals surface area contributed by atoms with Gasteiger partial charge in [-0.3, -0.25) is 0 Å². The van der Waals surface area contributed by atoms with E-state index in [-0.39, 0.29) is 30.1 Å². The van der Waals surface area contributed by atoms with Crippen LogP contribution in [-0.2, 0) is 6.54 Å². The van der Waals surface area contributed by atoms with E-state index in [1.807, 2.05) is 64.1 Å². The van der Waals surface area contributed by atoms with Crippen molar-refractivity contribution in [3.05, 3.63) is 59.9 Å². The molecule has 8 nitrogen and oxygen atoms in total. The smallest absolute Gasteiger partial charge is 0.319 e. The molecule has 0 fully saturated rings. The number of aromatic amines is 1. The average Bonchev–Trinajstić information content (AvgIpc) is 3.14. The van der Waals surface area contributed by atoms with Crippen LogP contribution >= 0.6 is 0 Å². The summed E-state index contributed by atoms with van der Waals surface area (Å²) < 4.78 is 0. The normalized spacial score (nSPS) is 12.1. The first-order chi connectivity index (χ1) is 14.8. The molecule has 0 spiro atoms. The minimum Gasteiger partial charge on any atom is -0.340 e. The van der Waals surface area contributed by atoms with Gasteiger partial charge < -0.3 is 26.3 Å². The van der Waals surface area contributed by atoms with Crippen LogP contribution in [0.2, 0.25) is 0 Å². The van der Waals surface area contributed by atoms with Gasteiger partial charge in [0.1, 0.15) is 5.82 Å². The molecule has 0 bridgehead atoms. The van der Waals surface area contributed by atoms with E-state index in [0.29, 0.717) is 12.2 Å². The molecule has 4 amide bonds. The van der Waals surface area contributed by atoms with Crippen molar-refractivity contribution in [1.82, 2.24) is 25.9 Å². The van der Waals surface area contributed by atoms with E-state index in [2.05, 4.69) is 31.2 Å². The molecule has 31 heavy (non-hydrogen) atoms. The van der Waals surface area contributed by atoms with Crippen molar-refractivity contribution in [2.75, 3.05) is 5.32 Å². The van der Waals surface area contributed by atoms with E-state index in [4.69, 9.17) is 0 Å². The molecule has 2 aromatic carbocycles. The molecule has 8 heteroatoms. The summed E-state index contributed by atoms with van der Waals surface area (Å²) in [4.78, 5) is 32.2. The predicted molar refractivity (Wildman–Crippen MR) is 123 cm³/mol. The summed E-state index contributed by atoms with van der Waals surface area (Å²) in [6, 6.07) is 14.5. The average molecular weight is 423 g/mol. The zero-order chi connectivity index (χ0) is 22.4. The van der Waals surface area contributed by atoms with Gasteiger partial charge in [0.05, 0.1) is 17.1 Å². The third-order valence-corrected chi connectivity index (χ3v) is 4.74. The Hall–Kier alpha value is -3.55. The number of H-pyrrole nitrogens is 1. The summed E-state index contributed by atoms with van der Waals surface area (Å²) >= 11 is 0. The number of amides is 4. The Labute approximate surface area is 182 Å². The summed E-state index contributed by atoms with van der Waals surface area (Å²) in [6.45, 7) is 8.25. The van der Waals surface area contributed by atoms with Gasteiger partial charge in [0, 0.05) is 18.3 Å². The fourth-order valence-electron chi connectivity index (χ4n) is 3.18. The Balaban J connectivity index is 1.55. The van der Waals surface area contributed by atoms with Gasteiger partial charge in [-0.1, -0.05) is 38.1 Å². The molecule has 164 valence electrons. The van der Waals surface area contributed by atoms with Gasteiger partial charge in [0.25, 0.3) is 0 Å². The first kappa shape index (κ1) is 22.1. The second kappa shape index (κ2) is 9.97. The van der Waals surface area contributed by atoms with E-state index in [1.54, 1.807) is 12.1 Å². The Morgan fingerprint density at radius 3 is 2.29 bits per heavy atom. The number of carbonyl (C=O) groups is 2. The summed E-state index contributed by atoms with van der Waals surface area (Å²) in [5.41, 5.74) is 3.44. The molecule has 5 N–H and O–H groups in total. The minimum absolute atomic E-state index is 0.0659. The molecule has 0 radical (unpaired) electrons. The highest BCUT2D eigenvalue weighted by atomic mass is 16.2. The van der Waals surface area contributed by atoms with E-state index in [0.717, 1.165) is 22.4 Å². The molecule has 0 saturated heterocycles. The van der Waals surface area contributed by atoms with Gasteiger partial charge in [-0.05, 0) is 49.6 Å². The zero-order valence-electron chi connectivity index (χ0n) is 18.3. The maximum Gasteiger partial charge on any atom is 0.319 e. The summed E-state index contributed by atoms with van der Waals surface area (Å²) in [7, 11) is 0. The van der Waals surface area contributed by atoms with E-state index in [9.17, 15) is 9.59 Å². The Morgan fingerprint density at radius 2 is 1.65 bits per heavy atom. The second-order valence-corrected chi connectivity index (χ2v) is 8.14. The van der Waals surface area contributed by atoms with Crippen LogP contribution in [0.15, 0.2) is 48.5 Å². The van der Waals surface area contributed by atoms with Gasteiger partial charge in [-0.15, -0.1) is 0 Å². The fourth-order valence-corrected chi connectivity index (χ4v) is 3.18. The first-order valence-corrected chi connectivity index (χ1v) is 10.5. The van der Waals surface area contributed by atoms with Gasteiger partial charge in [-0.2, -0.15) is 0 Å². The number of benzene rings is 2. The number of imidazole rings is 1. The summed E-state index contributed by atoms with van der Waals surface area (Å²) in [6.07, 6.45) is 0. The number of nitrogens with one attached hydrogen (secondary N) is 5. The Bertz CT molecular complexity index is 993. The van der Waals surface area contributed by atoms with Crippen LogP contribution < -0.4 is 21.3 Å². The first-order valence-electron chi connectivity index (χ1n) is 10.5. The molecule has 0 aliphatic heterocycles. The highest BCUT2D eigenvalue weighted by molar-refractivity contribution is 5.89. The van der Waals surface area contributed by atoms with Crippen LogP contribution in [0.25, 0.3) is 11.0 Å². The minimum atomic E-state index is -0.266. The number of anilines is 1. The van der Waals surface area contributed by atoms with Crippen LogP contribution in [0.4, 0.5) is 15.3 Å². The number of hydrogen-bond acceptors (Lipinski definition) is 3. The summed E-state index contributed by atoms with van der Waals surface area (Å²) in [5.74, 6) is 0.898. The SMILES string of the molecule is CC(C)NC(=O)Nc1ccc(CNC(=O)NC(c2nc3ccccc3[nH]2)C(C)C)cc1. The largest absolute Gasteiger partial charge is 0.340 e. The molecule has 1 aromatic heterocycles. The van der Waals surface area contributed by atoms with Crippen molar-refractivity contribution in [1.29, 1.82) is 0 Å². The second-order valence-electron chi connectivity index (χ2n) is 8.14. The molecule has 0 aliphatic carbocycles. The monoisotopic (exact) mass is 422 g/mol. The van der Waals surface area contributed by atoms with Crippen molar-refractivity contribution in [3.8, 4) is 0 Å². The van der Waals surface area contributed by atoms with Crippen molar-refractivity contribution in [2.45, 2.75) is 46.3 Å². The van der Waals surface area contributed by atoms with Crippen LogP contribution in [0.5, 0.6) is 0 Å². The molecule has 0 saturated carbocycles. The lowest BCUT2D eigenvalue weighted by Crippen LogP contribution is -2.39. The maximum atomic E-state index is 12.5. The molecule has 0 aliphatic rings. The molecule has 1 unspecified atom stereocenters. The van der Waals surface area contributed by atoms with Gasteiger partial charge in [0.15, 0.2) is 0 Å². The fraction of sp³-hybridized carbons (Fsp3) is 0.348. The lowest BCUT2D eigenvalue weighted by Gasteiger charge is -2.20. The number of aromatic nitrogens is 2. The lowest BCUT2D eigenvalue weighted by molar-refractivity contribution is 0.232. The molecule has 3 aromatic rings. The highest BCUT2D eigenvalue weighted by Crippen LogP contribution is 2.22. The van der Waals surface area contributed by atoms with Crippen molar-refractivity contribution in [3.63, 3.8) is 0 Å². The van der Waals surface area contributed by atoms with E-state index < -0.39 is 0 Å². The van der Waals surface area contributed by atoms with E-state index >= 15 is 0 Å². The number of para-hydroxylation sites is 2. The number of rotatable bonds is 7. The number of urea groups is 2. The molecule has 1 atom stereocenters. The Kier molecular flexibility index (Phi) is 7.12. The lowest BCUT2D eigenvalue weighted by atomic mass is 10.0. The standard InChI is InChI=1S/C23H30N6O2/c1-14(2)20(21-27-18-7-5-6-8-19(18)28-21)29-22(30)24-13-16-9-11-17(12-10-16)26-23(31)25-15(3)4/h5-12,14-15,20H,13H2,1-4H3,(H,27,28)(H2,24,29,30)(H2,25,26,31). The zero-order valence-corrected chi connectivity index (χ0v) is 18.3. The number of fused-ring (bicyclic) bond motifs is 1. The number of nitrogens with zero attached hydrogens (tertiary/aromatic N) is 1. The third kappa shape index (κ3) is 6.21. The molecular weight excluding hydrogens is 392 g/mol. The maximum absolute atomic E-state index is 12.5. The van der Waals surface area contributed by atoms with Crippen molar-refractivity contribution in [2.24, 2.45) is 5.92 Å². The van der Waals surface area contributed by atoms with E-state index in [1.165, 1.54) is 0 Å².